The van der Waals surface area contributed by atoms with Gasteiger partial charge in [-0.25, -0.2) is 0 Å². The molecule has 0 aromatic rings. The van der Waals surface area contributed by atoms with Crippen molar-refractivity contribution >= 4 is 5.91 Å². The van der Waals surface area contributed by atoms with E-state index in [1.807, 2.05) is 0 Å². The number of primary amides is 1. The first kappa shape index (κ1) is 12.4. The van der Waals surface area contributed by atoms with Gasteiger partial charge in [-0.05, 0) is 0 Å². The fraction of sp³-hybridized carbons (Fsp3) is 0.500. The summed E-state index contributed by atoms with van der Waals surface area (Å²) in [4.78, 5) is 9.17. The number of amides is 1. The smallest absolute Gasteiger partial charge is 0.322 e. The normalized spacial score (nSPS) is 8.45. The molecule has 0 aliphatic rings. The fourth-order valence-electron chi connectivity index (χ4n) is 0. The Labute approximate surface area is 59.4 Å². The molecule has 3 nitrogen and oxygen atoms in total. The summed E-state index contributed by atoms with van der Waals surface area (Å²) in [5, 5.41) is 7.14. The molecule has 2 N–H and O–H groups in total. The highest BCUT2D eigenvalue weighted by atomic mass is 19.3. The number of carbonyl (C=O) groups excluding carboxylic acids is 1. The van der Waals surface area contributed by atoms with Gasteiger partial charge in [0.2, 0.25) is 0 Å². The number of alkyl halides is 4. The minimum Gasteiger partial charge on any atom is -0.365 e. The second-order valence-electron chi connectivity index (χ2n) is 1.13. The number of rotatable bonds is 1. The van der Waals surface area contributed by atoms with E-state index in [9.17, 15) is 22.4 Å². The SMILES string of the molecule is N#CC(F)F.NC(=O)C(F)F. The average Bonchev–Trinajstić information content (AvgIpc) is 1.89. The molecule has 0 unspecified atom stereocenters. The van der Waals surface area contributed by atoms with Gasteiger partial charge in [-0.3, -0.25) is 4.79 Å². The lowest BCUT2D eigenvalue weighted by Crippen LogP contribution is -2.19. The van der Waals surface area contributed by atoms with E-state index in [0.717, 1.165) is 0 Å². The van der Waals surface area contributed by atoms with Crippen LogP contribution in [0.25, 0.3) is 0 Å². The Balaban J connectivity index is 0. The Hall–Kier alpha value is -1.32. The zero-order valence-electron chi connectivity index (χ0n) is 5.10. The fourth-order valence-corrected chi connectivity index (χ4v) is 0. The van der Waals surface area contributed by atoms with Crippen molar-refractivity contribution in [2.24, 2.45) is 5.73 Å². The number of nitriles is 1. The van der Waals surface area contributed by atoms with E-state index in [0.29, 0.717) is 6.07 Å². The first-order valence-electron chi connectivity index (χ1n) is 2.17. The predicted octanol–water partition coefficient (Wildman–Crippen LogP) is 0.512. The number of nitrogens with two attached hydrogens (primary N) is 1. The van der Waals surface area contributed by atoms with Crippen molar-refractivity contribution in [1.29, 1.82) is 5.26 Å². The predicted molar refractivity (Wildman–Crippen MR) is 26.8 cm³/mol. The van der Waals surface area contributed by atoms with E-state index in [1.165, 1.54) is 0 Å². The molecule has 0 saturated carbocycles. The van der Waals surface area contributed by atoms with Crippen molar-refractivity contribution < 1.29 is 22.4 Å². The maximum atomic E-state index is 10.7. The quantitative estimate of drug-likeness (QED) is 0.585. The second-order valence-corrected chi connectivity index (χ2v) is 1.13. The molecule has 0 saturated heterocycles. The molecular formula is C4H4F4N2O. The molecule has 0 aromatic carbocycles. The summed E-state index contributed by atoms with van der Waals surface area (Å²) in [6, 6.07) is 0.694. The van der Waals surface area contributed by atoms with E-state index in [2.05, 4.69) is 5.73 Å². The van der Waals surface area contributed by atoms with Crippen LogP contribution in [0.1, 0.15) is 0 Å². The van der Waals surface area contributed by atoms with Crippen LogP contribution in [0.15, 0.2) is 0 Å². The van der Waals surface area contributed by atoms with Gasteiger partial charge in [0.05, 0.1) is 0 Å². The first-order valence-corrected chi connectivity index (χ1v) is 2.17. The third kappa shape index (κ3) is 17.7. The largest absolute Gasteiger partial charge is 0.365 e. The van der Waals surface area contributed by atoms with Gasteiger partial charge in [-0.2, -0.15) is 22.8 Å². The maximum absolute atomic E-state index is 10.7. The lowest BCUT2D eigenvalue weighted by atomic mass is 10.7. The maximum Gasteiger partial charge on any atom is 0.322 e. The van der Waals surface area contributed by atoms with E-state index >= 15 is 0 Å². The minimum atomic E-state index is -3.01. The van der Waals surface area contributed by atoms with Crippen molar-refractivity contribution in [2.45, 2.75) is 12.9 Å². The zero-order valence-corrected chi connectivity index (χ0v) is 5.10. The van der Waals surface area contributed by atoms with Crippen molar-refractivity contribution in [3.05, 3.63) is 0 Å². The number of nitrogens with zero attached hydrogens (tertiary/aromatic N) is 1. The highest BCUT2D eigenvalue weighted by Gasteiger charge is 2.07. The van der Waals surface area contributed by atoms with E-state index in [4.69, 9.17) is 5.26 Å². The average molecular weight is 172 g/mol. The topological polar surface area (TPSA) is 66.9 Å². The molecule has 0 aromatic heterocycles. The van der Waals surface area contributed by atoms with Crippen LogP contribution in [-0.2, 0) is 4.79 Å². The molecule has 0 heterocycles. The van der Waals surface area contributed by atoms with Crippen LogP contribution in [-0.4, -0.2) is 18.8 Å². The van der Waals surface area contributed by atoms with Crippen LogP contribution in [0.5, 0.6) is 0 Å². The summed E-state index contributed by atoms with van der Waals surface area (Å²) in [7, 11) is 0. The lowest BCUT2D eigenvalue weighted by molar-refractivity contribution is -0.128. The monoisotopic (exact) mass is 172 g/mol. The zero-order chi connectivity index (χ0) is 9.44. The van der Waals surface area contributed by atoms with E-state index in [-0.39, 0.29) is 0 Å². The van der Waals surface area contributed by atoms with Crippen molar-refractivity contribution in [3.8, 4) is 6.07 Å². The van der Waals surface area contributed by atoms with Crippen LogP contribution in [0.3, 0.4) is 0 Å². The molecule has 0 bridgehead atoms. The molecule has 0 aliphatic carbocycles. The number of halogens is 4. The van der Waals surface area contributed by atoms with Crippen molar-refractivity contribution in [1.82, 2.24) is 0 Å². The first-order chi connectivity index (χ1) is 4.91. The van der Waals surface area contributed by atoms with Gasteiger partial charge in [0.1, 0.15) is 6.07 Å². The summed E-state index contributed by atoms with van der Waals surface area (Å²) >= 11 is 0. The Morgan fingerprint density at radius 2 is 1.55 bits per heavy atom. The Morgan fingerprint density at radius 1 is 1.36 bits per heavy atom. The van der Waals surface area contributed by atoms with Gasteiger partial charge in [0.25, 0.3) is 5.91 Å². The molecule has 7 heteroatoms. The van der Waals surface area contributed by atoms with Gasteiger partial charge in [0.15, 0.2) is 0 Å². The van der Waals surface area contributed by atoms with Crippen LogP contribution in [0.2, 0.25) is 0 Å². The van der Waals surface area contributed by atoms with Crippen LogP contribution >= 0.6 is 0 Å². The van der Waals surface area contributed by atoms with E-state index in [1.54, 1.807) is 0 Å². The van der Waals surface area contributed by atoms with Crippen LogP contribution < -0.4 is 5.73 Å². The number of carbonyl (C=O) groups is 1. The molecule has 0 rings (SSSR count). The highest BCUT2D eigenvalue weighted by molar-refractivity contribution is 5.76. The van der Waals surface area contributed by atoms with Gasteiger partial charge in [-0.1, -0.05) is 0 Å². The van der Waals surface area contributed by atoms with Gasteiger partial charge in [-0.15, -0.1) is 0 Å². The summed E-state index contributed by atoms with van der Waals surface area (Å²) in [6.45, 7) is 0. The molecule has 11 heavy (non-hydrogen) atoms. The van der Waals surface area contributed by atoms with Gasteiger partial charge >= 0.3 is 12.9 Å². The summed E-state index contributed by atoms with van der Waals surface area (Å²) in [5.74, 6) is -1.57. The Kier molecular flexibility index (Phi) is 7.64. The van der Waals surface area contributed by atoms with Crippen molar-refractivity contribution in [3.63, 3.8) is 0 Å². The standard InChI is InChI=1S/C2H3F2NO.C2HF2N/c3-1(4)2(5)6;3-2(4)1-5/h1H,(H2,5,6);2H. The van der Waals surface area contributed by atoms with Crippen LogP contribution in [0, 0.1) is 11.3 Å². The Bertz CT molecular complexity index is 153. The molecule has 0 fully saturated rings. The summed E-state index contributed by atoms with van der Waals surface area (Å²) in [5.41, 5.74) is 4.05. The number of hydrogen-bond acceptors (Lipinski definition) is 2. The van der Waals surface area contributed by atoms with Crippen LogP contribution in [0.4, 0.5) is 17.6 Å². The third-order valence-electron chi connectivity index (χ3n) is 0.313. The molecule has 0 spiro atoms. The lowest BCUT2D eigenvalue weighted by Gasteiger charge is -1.82. The molecule has 1 amide bonds. The number of hydrogen-bond donors (Lipinski definition) is 1. The van der Waals surface area contributed by atoms with E-state index < -0.39 is 18.8 Å². The van der Waals surface area contributed by atoms with Gasteiger partial charge < -0.3 is 5.73 Å². The molecular weight excluding hydrogens is 168 g/mol. The highest BCUT2D eigenvalue weighted by Crippen LogP contribution is 1.85. The summed E-state index contributed by atoms with van der Waals surface area (Å²) < 4.78 is 42.2. The van der Waals surface area contributed by atoms with Gasteiger partial charge in [0, 0.05) is 0 Å². The molecule has 64 valence electrons. The molecule has 0 radical (unpaired) electrons. The molecule has 0 atom stereocenters. The third-order valence-corrected chi connectivity index (χ3v) is 0.313. The Morgan fingerprint density at radius 3 is 1.55 bits per heavy atom. The summed E-state index contributed by atoms with van der Waals surface area (Å²) in [6.07, 6.45) is -5.82. The van der Waals surface area contributed by atoms with Crippen molar-refractivity contribution in [2.75, 3.05) is 0 Å². The second kappa shape index (κ2) is 6.80. The minimum absolute atomic E-state index is 0.694. The molecule has 0 aliphatic heterocycles.